The minimum absolute atomic E-state index is 0.126. The van der Waals surface area contributed by atoms with Gasteiger partial charge in [0.05, 0.1) is 0 Å². The van der Waals surface area contributed by atoms with E-state index in [1.54, 1.807) is 6.92 Å². The lowest BCUT2D eigenvalue weighted by atomic mass is 9.63. The molecule has 1 unspecified atom stereocenters. The summed E-state index contributed by atoms with van der Waals surface area (Å²) in [6.45, 7) is 5.20. The van der Waals surface area contributed by atoms with E-state index in [1.807, 2.05) is 13.8 Å². The molecule has 0 aromatic heterocycles. The van der Waals surface area contributed by atoms with Gasteiger partial charge in [0.15, 0.2) is 5.78 Å². The standard InChI is InChI=1S/C10H16O3/c1-9(2)5-4-6-10(3,7(9)11)8(12)13/h4-6H2,1-3H3,(H,12,13). The van der Waals surface area contributed by atoms with Gasteiger partial charge in [-0.25, -0.2) is 0 Å². The number of Topliss-reactive ketones (excluding diaryl/α,β-unsaturated/α-hetero) is 1. The Bertz CT molecular complexity index is 255. The second kappa shape index (κ2) is 2.82. The molecule has 74 valence electrons. The Kier molecular flexibility index (Phi) is 2.22. The molecule has 1 rings (SSSR count). The van der Waals surface area contributed by atoms with Gasteiger partial charge >= 0.3 is 5.97 Å². The molecule has 1 fully saturated rings. The lowest BCUT2D eigenvalue weighted by Crippen LogP contribution is -2.47. The van der Waals surface area contributed by atoms with E-state index < -0.39 is 16.8 Å². The van der Waals surface area contributed by atoms with Gasteiger partial charge in [-0.3, -0.25) is 9.59 Å². The third kappa shape index (κ3) is 1.47. The molecular formula is C10H16O3. The number of hydrogen-bond donors (Lipinski definition) is 1. The highest BCUT2D eigenvalue weighted by Crippen LogP contribution is 2.42. The molecule has 1 aliphatic rings. The molecule has 0 aliphatic heterocycles. The Morgan fingerprint density at radius 2 is 1.85 bits per heavy atom. The first-order valence-corrected chi connectivity index (χ1v) is 4.59. The molecular weight excluding hydrogens is 168 g/mol. The third-order valence-electron chi connectivity index (χ3n) is 3.07. The maximum absolute atomic E-state index is 11.8. The number of rotatable bonds is 1. The number of carboxylic acid groups (broad SMARTS) is 1. The van der Waals surface area contributed by atoms with Crippen molar-refractivity contribution in [2.75, 3.05) is 0 Å². The fourth-order valence-corrected chi connectivity index (χ4v) is 2.06. The van der Waals surface area contributed by atoms with E-state index >= 15 is 0 Å². The summed E-state index contributed by atoms with van der Waals surface area (Å²) >= 11 is 0. The molecule has 1 aliphatic carbocycles. The maximum atomic E-state index is 11.8. The van der Waals surface area contributed by atoms with Gasteiger partial charge in [0, 0.05) is 5.41 Å². The first kappa shape index (κ1) is 10.2. The first-order valence-electron chi connectivity index (χ1n) is 4.59. The highest BCUT2D eigenvalue weighted by atomic mass is 16.4. The maximum Gasteiger partial charge on any atom is 0.316 e. The van der Waals surface area contributed by atoms with E-state index in [0.29, 0.717) is 6.42 Å². The van der Waals surface area contributed by atoms with Crippen LogP contribution in [0.25, 0.3) is 0 Å². The Morgan fingerprint density at radius 1 is 1.31 bits per heavy atom. The molecule has 0 saturated heterocycles. The molecule has 3 nitrogen and oxygen atoms in total. The van der Waals surface area contributed by atoms with Crippen LogP contribution >= 0.6 is 0 Å². The fourth-order valence-electron chi connectivity index (χ4n) is 2.06. The van der Waals surface area contributed by atoms with Crippen molar-refractivity contribution in [3.05, 3.63) is 0 Å². The van der Waals surface area contributed by atoms with Crippen molar-refractivity contribution in [1.82, 2.24) is 0 Å². The van der Waals surface area contributed by atoms with Gasteiger partial charge in [-0.05, 0) is 19.8 Å². The number of ketones is 1. The van der Waals surface area contributed by atoms with Crippen LogP contribution in [0.3, 0.4) is 0 Å². The summed E-state index contributed by atoms with van der Waals surface area (Å²) in [5, 5.41) is 8.98. The van der Waals surface area contributed by atoms with Crippen molar-refractivity contribution in [3.8, 4) is 0 Å². The number of carbonyl (C=O) groups is 2. The van der Waals surface area contributed by atoms with Crippen LogP contribution < -0.4 is 0 Å². The van der Waals surface area contributed by atoms with E-state index in [2.05, 4.69) is 0 Å². The van der Waals surface area contributed by atoms with Crippen LogP contribution in [0.2, 0.25) is 0 Å². The fraction of sp³-hybridized carbons (Fsp3) is 0.800. The van der Waals surface area contributed by atoms with Crippen molar-refractivity contribution in [3.63, 3.8) is 0 Å². The molecule has 0 aromatic carbocycles. The minimum Gasteiger partial charge on any atom is -0.481 e. The molecule has 0 heterocycles. The molecule has 1 N–H and O–H groups in total. The lowest BCUT2D eigenvalue weighted by molar-refractivity contribution is -0.160. The summed E-state index contributed by atoms with van der Waals surface area (Å²) < 4.78 is 0. The van der Waals surface area contributed by atoms with Crippen LogP contribution in [0.4, 0.5) is 0 Å². The molecule has 13 heavy (non-hydrogen) atoms. The lowest BCUT2D eigenvalue weighted by Gasteiger charge is -2.38. The quantitative estimate of drug-likeness (QED) is 0.633. The summed E-state index contributed by atoms with van der Waals surface area (Å²) in [6, 6.07) is 0. The van der Waals surface area contributed by atoms with Crippen LogP contribution in [-0.2, 0) is 9.59 Å². The Balaban J connectivity index is 3.02. The largest absolute Gasteiger partial charge is 0.481 e. The average molecular weight is 184 g/mol. The summed E-state index contributed by atoms with van der Waals surface area (Å²) in [5.41, 5.74) is -1.62. The zero-order valence-electron chi connectivity index (χ0n) is 8.39. The van der Waals surface area contributed by atoms with Gasteiger partial charge < -0.3 is 5.11 Å². The molecule has 0 radical (unpaired) electrons. The van der Waals surface area contributed by atoms with Crippen molar-refractivity contribution in [1.29, 1.82) is 0 Å². The average Bonchev–Trinajstić information content (AvgIpc) is 1.99. The number of aliphatic carboxylic acids is 1. The molecule has 1 atom stereocenters. The van der Waals surface area contributed by atoms with Crippen LogP contribution in [0.1, 0.15) is 40.0 Å². The van der Waals surface area contributed by atoms with Crippen molar-refractivity contribution >= 4 is 11.8 Å². The Labute approximate surface area is 78.1 Å². The van der Waals surface area contributed by atoms with Crippen molar-refractivity contribution < 1.29 is 14.7 Å². The zero-order chi connectivity index (χ0) is 10.3. The monoisotopic (exact) mass is 184 g/mol. The SMILES string of the molecule is CC1(C)CCCC(C)(C(=O)O)C1=O. The molecule has 1 saturated carbocycles. The Hall–Kier alpha value is -0.860. The van der Waals surface area contributed by atoms with Crippen LogP contribution in [0, 0.1) is 10.8 Å². The van der Waals surface area contributed by atoms with Gasteiger partial charge in [0.1, 0.15) is 5.41 Å². The van der Waals surface area contributed by atoms with Gasteiger partial charge in [-0.15, -0.1) is 0 Å². The first-order chi connectivity index (χ1) is 5.81. The van der Waals surface area contributed by atoms with Gasteiger partial charge in [-0.1, -0.05) is 20.3 Å². The third-order valence-corrected chi connectivity index (χ3v) is 3.07. The second-order valence-electron chi connectivity index (χ2n) is 4.70. The van der Waals surface area contributed by atoms with E-state index in [0.717, 1.165) is 12.8 Å². The smallest absolute Gasteiger partial charge is 0.316 e. The zero-order valence-corrected chi connectivity index (χ0v) is 8.39. The normalized spacial score (nSPS) is 33.0. The topological polar surface area (TPSA) is 54.4 Å². The van der Waals surface area contributed by atoms with E-state index in [9.17, 15) is 9.59 Å². The summed E-state index contributed by atoms with van der Waals surface area (Å²) in [7, 11) is 0. The van der Waals surface area contributed by atoms with E-state index in [1.165, 1.54) is 0 Å². The summed E-state index contributed by atoms with van der Waals surface area (Å²) in [5.74, 6) is -1.11. The summed E-state index contributed by atoms with van der Waals surface area (Å²) in [6.07, 6.45) is 2.10. The van der Waals surface area contributed by atoms with Gasteiger partial charge in [0.25, 0.3) is 0 Å². The Morgan fingerprint density at radius 3 is 2.23 bits per heavy atom. The van der Waals surface area contributed by atoms with Crippen molar-refractivity contribution in [2.45, 2.75) is 40.0 Å². The van der Waals surface area contributed by atoms with Gasteiger partial charge in [-0.2, -0.15) is 0 Å². The predicted molar refractivity (Wildman–Crippen MR) is 48.4 cm³/mol. The molecule has 0 spiro atoms. The van der Waals surface area contributed by atoms with Crippen LogP contribution in [0.5, 0.6) is 0 Å². The van der Waals surface area contributed by atoms with Crippen molar-refractivity contribution in [2.24, 2.45) is 10.8 Å². The highest BCUT2D eigenvalue weighted by molar-refractivity contribution is 6.05. The minimum atomic E-state index is -1.15. The van der Waals surface area contributed by atoms with Crippen LogP contribution in [-0.4, -0.2) is 16.9 Å². The highest BCUT2D eigenvalue weighted by Gasteiger charge is 2.50. The second-order valence-corrected chi connectivity index (χ2v) is 4.70. The molecule has 0 amide bonds. The van der Waals surface area contributed by atoms with Gasteiger partial charge in [0.2, 0.25) is 0 Å². The molecule has 0 bridgehead atoms. The summed E-state index contributed by atoms with van der Waals surface area (Å²) in [4.78, 5) is 22.8. The number of carbonyl (C=O) groups excluding carboxylic acids is 1. The molecule has 0 aromatic rings. The van der Waals surface area contributed by atoms with Crippen LogP contribution in [0.15, 0.2) is 0 Å². The number of hydrogen-bond acceptors (Lipinski definition) is 2. The van der Waals surface area contributed by atoms with E-state index in [-0.39, 0.29) is 5.78 Å². The predicted octanol–water partition coefficient (Wildman–Crippen LogP) is 1.86. The van der Waals surface area contributed by atoms with E-state index in [4.69, 9.17) is 5.11 Å². The molecule has 3 heteroatoms. The number of carboxylic acids is 1.